The molecule has 0 radical (unpaired) electrons. The zero-order chi connectivity index (χ0) is 24.2. The van der Waals surface area contributed by atoms with Crippen LogP contribution in [0, 0.1) is 0 Å². The zero-order valence-electron chi connectivity index (χ0n) is 21.0. The van der Waals surface area contributed by atoms with Crippen LogP contribution in [-0.4, -0.2) is 41.7 Å². The molecule has 0 bridgehead atoms. The van der Waals surface area contributed by atoms with Crippen molar-refractivity contribution in [3.8, 4) is 0 Å². The molecule has 1 aromatic heterocycles. The standard InChI is InChI=1S/C28H41N3O2/c1-7-9-12-24-27(33)30-21(18-32)16-20-17-29-26-22(13-14-23(25(20)26)31(24)6)28(5,8-2)15-10-11-19(3)4/h8,11,13-14,17,21,24,29,32H,2,7,9-10,12,15-16,18H2,1,3-6H3,(H,30,33)/t21-,24-,28-/m0/s1. The molecule has 2 aromatic rings. The number of hydrogen-bond acceptors (Lipinski definition) is 3. The van der Waals surface area contributed by atoms with Crippen LogP contribution < -0.4 is 10.2 Å². The van der Waals surface area contributed by atoms with Gasteiger partial charge in [-0.1, -0.05) is 50.5 Å². The molecule has 1 aromatic carbocycles. The van der Waals surface area contributed by atoms with Crippen molar-refractivity contribution in [2.45, 2.75) is 83.7 Å². The monoisotopic (exact) mass is 451 g/mol. The highest BCUT2D eigenvalue weighted by atomic mass is 16.3. The largest absolute Gasteiger partial charge is 0.394 e. The smallest absolute Gasteiger partial charge is 0.242 e. The van der Waals surface area contributed by atoms with E-state index in [2.05, 4.69) is 73.8 Å². The minimum absolute atomic E-state index is 0.00554. The molecule has 0 unspecified atom stereocenters. The van der Waals surface area contributed by atoms with Gasteiger partial charge in [-0.2, -0.15) is 0 Å². The molecule has 1 aliphatic heterocycles. The molecule has 180 valence electrons. The second kappa shape index (κ2) is 10.6. The Bertz CT molecular complexity index is 1020. The number of nitrogens with zero attached hydrogens (tertiary/aromatic N) is 1. The molecule has 0 saturated heterocycles. The molecule has 3 atom stereocenters. The van der Waals surface area contributed by atoms with Crippen LogP contribution in [0.25, 0.3) is 10.9 Å². The van der Waals surface area contributed by atoms with Gasteiger partial charge in [0.2, 0.25) is 5.91 Å². The highest BCUT2D eigenvalue weighted by Gasteiger charge is 2.32. The van der Waals surface area contributed by atoms with E-state index in [1.54, 1.807) is 0 Å². The summed E-state index contributed by atoms with van der Waals surface area (Å²) in [6.07, 6.45) is 11.7. The van der Waals surface area contributed by atoms with Gasteiger partial charge >= 0.3 is 0 Å². The Morgan fingerprint density at radius 2 is 2.12 bits per heavy atom. The van der Waals surface area contributed by atoms with Gasteiger partial charge in [-0.3, -0.25) is 4.79 Å². The minimum Gasteiger partial charge on any atom is -0.394 e. The Morgan fingerprint density at radius 1 is 1.36 bits per heavy atom. The molecule has 3 N–H and O–H groups in total. The van der Waals surface area contributed by atoms with Gasteiger partial charge in [0.15, 0.2) is 0 Å². The van der Waals surface area contributed by atoms with E-state index in [1.807, 2.05) is 13.2 Å². The van der Waals surface area contributed by atoms with Gasteiger partial charge < -0.3 is 20.3 Å². The Balaban J connectivity index is 2.16. The number of aromatic nitrogens is 1. The number of H-pyrrole nitrogens is 1. The van der Waals surface area contributed by atoms with Crippen LogP contribution in [0.2, 0.25) is 0 Å². The summed E-state index contributed by atoms with van der Waals surface area (Å²) < 4.78 is 0. The number of hydrogen-bond donors (Lipinski definition) is 3. The van der Waals surface area contributed by atoms with Crippen LogP contribution in [0.4, 0.5) is 5.69 Å². The summed E-state index contributed by atoms with van der Waals surface area (Å²) >= 11 is 0. The van der Waals surface area contributed by atoms with E-state index in [9.17, 15) is 9.90 Å². The van der Waals surface area contributed by atoms with Gasteiger partial charge in [0.05, 0.1) is 18.2 Å². The van der Waals surface area contributed by atoms with Gasteiger partial charge in [-0.05, 0) is 56.7 Å². The maximum Gasteiger partial charge on any atom is 0.242 e. The van der Waals surface area contributed by atoms with Gasteiger partial charge in [-0.15, -0.1) is 6.58 Å². The summed E-state index contributed by atoms with van der Waals surface area (Å²) in [6, 6.07) is 3.81. The number of anilines is 1. The number of benzene rings is 1. The molecule has 0 saturated carbocycles. The summed E-state index contributed by atoms with van der Waals surface area (Å²) in [7, 11) is 2.02. The van der Waals surface area contributed by atoms with Crippen LogP contribution in [0.3, 0.4) is 0 Å². The van der Waals surface area contributed by atoms with Gasteiger partial charge in [0.25, 0.3) is 0 Å². The summed E-state index contributed by atoms with van der Waals surface area (Å²) in [5.41, 5.74) is 5.66. The number of unbranched alkanes of at least 4 members (excludes halogenated alkanes) is 1. The topological polar surface area (TPSA) is 68.4 Å². The lowest BCUT2D eigenvalue weighted by atomic mass is 9.77. The summed E-state index contributed by atoms with van der Waals surface area (Å²) in [6.45, 7) is 12.8. The molecular weight excluding hydrogens is 410 g/mol. The number of aromatic amines is 1. The van der Waals surface area contributed by atoms with Gasteiger partial charge in [0, 0.05) is 29.7 Å². The lowest BCUT2D eigenvalue weighted by Crippen LogP contribution is -2.49. The van der Waals surface area contributed by atoms with E-state index in [1.165, 1.54) is 11.1 Å². The van der Waals surface area contributed by atoms with Crippen molar-refractivity contribution >= 4 is 22.5 Å². The fourth-order valence-electron chi connectivity index (χ4n) is 5.03. The van der Waals surface area contributed by atoms with Crippen molar-refractivity contribution in [3.05, 3.63) is 53.8 Å². The molecule has 0 spiro atoms. The number of nitrogens with one attached hydrogen (secondary N) is 2. The normalized spacial score (nSPS) is 20.4. The third-order valence-electron chi connectivity index (χ3n) is 7.19. The van der Waals surface area contributed by atoms with E-state index in [0.29, 0.717) is 6.42 Å². The molecule has 0 fully saturated rings. The summed E-state index contributed by atoms with van der Waals surface area (Å²) in [4.78, 5) is 18.8. The third-order valence-corrected chi connectivity index (χ3v) is 7.19. The first-order valence-electron chi connectivity index (χ1n) is 12.3. The van der Waals surface area contributed by atoms with Crippen molar-refractivity contribution in [3.63, 3.8) is 0 Å². The van der Waals surface area contributed by atoms with Crippen LogP contribution in [-0.2, 0) is 16.6 Å². The highest BCUT2D eigenvalue weighted by molar-refractivity contribution is 6.00. The fraction of sp³-hybridized carbons (Fsp3) is 0.536. The Labute approximate surface area is 199 Å². The Morgan fingerprint density at radius 3 is 2.76 bits per heavy atom. The second-order valence-electron chi connectivity index (χ2n) is 10.00. The molecule has 0 aliphatic carbocycles. The lowest BCUT2D eigenvalue weighted by molar-refractivity contribution is -0.123. The first kappa shape index (κ1) is 25.1. The van der Waals surface area contributed by atoms with Crippen LogP contribution in [0.15, 0.2) is 42.6 Å². The number of rotatable bonds is 9. The zero-order valence-corrected chi connectivity index (χ0v) is 21.0. The number of aliphatic hydroxyl groups is 1. The van der Waals surface area contributed by atoms with Crippen molar-refractivity contribution in [2.24, 2.45) is 0 Å². The van der Waals surface area contributed by atoms with Crippen molar-refractivity contribution in [1.82, 2.24) is 10.3 Å². The SMILES string of the molecule is C=C[C@@](C)(CCC=C(C)C)c1ccc2c3c(c[nH]c13)C[C@@H](CO)NC(=O)[C@H](CCCC)N2C. The van der Waals surface area contributed by atoms with Crippen molar-refractivity contribution in [2.75, 3.05) is 18.6 Å². The number of carbonyl (C=O) groups excluding carboxylic acids is 1. The van der Waals surface area contributed by atoms with Crippen molar-refractivity contribution in [1.29, 1.82) is 0 Å². The lowest BCUT2D eigenvalue weighted by Gasteiger charge is -2.32. The molecule has 2 heterocycles. The third kappa shape index (κ3) is 5.19. The molecule has 33 heavy (non-hydrogen) atoms. The van der Waals surface area contributed by atoms with E-state index in [-0.39, 0.29) is 30.0 Å². The van der Waals surface area contributed by atoms with Gasteiger partial charge in [0.1, 0.15) is 6.04 Å². The second-order valence-corrected chi connectivity index (χ2v) is 10.00. The molecule has 5 heteroatoms. The van der Waals surface area contributed by atoms with Crippen LogP contribution in [0.1, 0.15) is 70.9 Å². The number of aliphatic hydroxyl groups excluding tert-OH is 1. The maximum absolute atomic E-state index is 13.2. The molecule has 3 rings (SSSR count). The Kier molecular flexibility index (Phi) is 8.06. The van der Waals surface area contributed by atoms with Gasteiger partial charge in [-0.25, -0.2) is 0 Å². The molecule has 1 amide bonds. The van der Waals surface area contributed by atoms with E-state index in [4.69, 9.17) is 0 Å². The average molecular weight is 452 g/mol. The fourth-order valence-corrected chi connectivity index (χ4v) is 5.03. The summed E-state index contributed by atoms with van der Waals surface area (Å²) in [5.74, 6) is -0.00554. The van der Waals surface area contributed by atoms with Crippen LogP contribution >= 0.6 is 0 Å². The van der Waals surface area contributed by atoms with E-state index >= 15 is 0 Å². The highest BCUT2D eigenvalue weighted by Crippen LogP contribution is 2.41. The van der Waals surface area contributed by atoms with Crippen LogP contribution in [0.5, 0.6) is 0 Å². The van der Waals surface area contributed by atoms with Crippen molar-refractivity contribution < 1.29 is 9.90 Å². The number of amides is 1. The first-order valence-corrected chi connectivity index (χ1v) is 12.3. The molecule has 5 nitrogen and oxygen atoms in total. The Hall–Kier alpha value is -2.53. The first-order chi connectivity index (χ1) is 15.8. The predicted molar refractivity (Wildman–Crippen MR) is 139 cm³/mol. The number of allylic oxidation sites excluding steroid dienone is 3. The minimum atomic E-state index is -0.299. The average Bonchev–Trinajstić information content (AvgIpc) is 3.21. The van der Waals surface area contributed by atoms with E-state index < -0.39 is 0 Å². The summed E-state index contributed by atoms with van der Waals surface area (Å²) in [5, 5.41) is 14.2. The number of carbonyl (C=O) groups is 1. The molecule has 1 aliphatic rings. The molecular formula is C28H41N3O2. The predicted octanol–water partition coefficient (Wildman–Crippen LogP) is 5.39. The quantitative estimate of drug-likeness (QED) is 0.448. The maximum atomic E-state index is 13.2. The number of likely N-dealkylation sites (N-methyl/N-ethyl adjacent to an activating group) is 1. The van der Waals surface area contributed by atoms with E-state index in [0.717, 1.165) is 54.3 Å².